The summed E-state index contributed by atoms with van der Waals surface area (Å²) in [6.07, 6.45) is -0.582. The number of aromatic nitrogens is 2. The zero-order chi connectivity index (χ0) is 18.8. The van der Waals surface area contributed by atoms with Crippen LogP contribution in [0, 0.1) is 16.7 Å². The van der Waals surface area contributed by atoms with Gasteiger partial charge in [-0.25, -0.2) is 15.2 Å². The summed E-state index contributed by atoms with van der Waals surface area (Å²) in [6.45, 7) is 12.7. The van der Waals surface area contributed by atoms with Gasteiger partial charge in [0.2, 0.25) is 5.82 Å². The lowest BCUT2D eigenvalue weighted by atomic mass is 9.96. The van der Waals surface area contributed by atoms with E-state index in [1.54, 1.807) is 25.8 Å². The van der Waals surface area contributed by atoms with Crippen LogP contribution in [0.4, 0.5) is 10.6 Å². The molecule has 0 saturated carbocycles. The molecule has 136 valence electrons. The van der Waals surface area contributed by atoms with Crippen LogP contribution in [-0.2, 0) is 22.7 Å². The van der Waals surface area contributed by atoms with Crippen LogP contribution in [0.2, 0.25) is 0 Å². The predicted octanol–water partition coefficient (Wildman–Crippen LogP) is 2.67. The van der Waals surface area contributed by atoms with Crippen LogP contribution < -0.4 is 10.4 Å². The molecule has 0 radical (unpaired) electrons. The highest BCUT2D eigenvalue weighted by atomic mass is 16.6. The second kappa shape index (κ2) is 6.84. The minimum Gasteiger partial charge on any atom is -0.443 e. The third-order valence-corrected chi connectivity index (χ3v) is 3.17. The van der Waals surface area contributed by atoms with Gasteiger partial charge >= 0.3 is 6.09 Å². The molecule has 2 rings (SSSR count). The van der Waals surface area contributed by atoms with Crippen molar-refractivity contribution >= 4 is 11.9 Å². The molecular weight excluding hydrogens is 322 g/mol. The van der Waals surface area contributed by atoms with Crippen LogP contribution in [0.3, 0.4) is 0 Å². The minimum atomic E-state index is -0.619. The maximum Gasteiger partial charge on any atom is 0.426 e. The molecule has 2 heterocycles. The van der Waals surface area contributed by atoms with Gasteiger partial charge < -0.3 is 9.47 Å². The summed E-state index contributed by atoms with van der Waals surface area (Å²) in [5.41, 5.74) is 3.44. The van der Waals surface area contributed by atoms with Crippen molar-refractivity contribution in [3.05, 3.63) is 17.1 Å². The first-order valence-corrected chi connectivity index (χ1v) is 8.13. The lowest BCUT2D eigenvalue weighted by Crippen LogP contribution is -2.49. The van der Waals surface area contributed by atoms with Crippen LogP contribution in [0.1, 0.15) is 58.6 Å². The Morgan fingerprint density at radius 1 is 1.28 bits per heavy atom. The Balaban J connectivity index is 2.38. The van der Waals surface area contributed by atoms with Crippen molar-refractivity contribution in [1.29, 1.82) is 5.26 Å². The molecule has 1 aliphatic rings. The van der Waals surface area contributed by atoms with E-state index in [1.807, 2.05) is 26.8 Å². The van der Waals surface area contributed by atoms with Crippen molar-refractivity contribution in [2.24, 2.45) is 5.41 Å². The molecule has 1 amide bonds. The number of anilines is 1. The van der Waals surface area contributed by atoms with Crippen molar-refractivity contribution in [3.8, 4) is 6.07 Å². The number of amides is 1. The SMILES string of the molecule is CC(C)(C)CN(NC(=O)OC(C)(C)C)c1nc(C#N)nc2c1COC2. The molecule has 8 heteroatoms. The molecule has 1 aromatic heterocycles. The van der Waals surface area contributed by atoms with Crippen molar-refractivity contribution < 1.29 is 14.3 Å². The van der Waals surface area contributed by atoms with Crippen LogP contribution in [0.15, 0.2) is 0 Å². The molecular formula is C17H25N5O3. The molecule has 0 saturated heterocycles. The first kappa shape index (κ1) is 18.9. The third-order valence-electron chi connectivity index (χ3n) is 3.17. The number of fused-ring (bicyclic) bond motifs is 1. The number of hydrazine groups is 1. The monoisotopic (exact) mass is 347 g/mol. The number of hydrogen-bond donors (Lipinski definition) is 1. The van der Waals surface area contributed by atoms with Crippen molar-refractivity contribution in [3.63, 3.8) is 0 Å². The summed E-state index contributed by atoms with van der Waals surface area (Å²) in [5, 5.41) is 10.8. The van der Waals surface area contributed by atoms with Crippen molar-refractivity contribution in [2.45, 2.75) is 60.4 Å². The molecule has 0 atom stereocenters. The average Bonchev–Trinajstić information content (AvgIpc) is 2.89. The molecule has 25 heavy (non-hydrogen) atoms. The molecule has 0 aromatic carbocycles. The Morgan fingerprint density at radius 3 is 2.52 bits per heavy atom. The van der Waals surface area contributed by atoms with E-state index >= 15 is 0 Å². The summed E-state index contributed by atoms with van der Waals surface area (Å²) in [6, 6.07) is 1.96. The fourth-order valence-electron chi connectivity index (χ4n) is 2.36. The first-order chi connectivity index (χ1) is 11.5. The highest BCUT2D eigenvalue weighted by molar-refractivity contribution is 5.70. The Kier molecular flexibility index (Phi) is 5.18. The zero-order valence-corrected chi connectivity index (χ0v) is 15.6. The topological polar surface area (TPSA) is 100 Å². The van der Waals surface area contributed by atoms with Crippen LogP contribution in [0.5, 0.6) is 0 Å². The van der Waals surface area contributed by atoms with Crippen LogP contribution >= 0.6 is 0 Å². The van der Waals surface area contributed by atoms with Gasteiger partial charge in [-0.05, 0) is 26.2 Å². The number of carbonyl (C=O) groups is 1. The van der Waals surface area contributed by atoms with E-state index in [0.29, 0.717) is 31.3 Å². The van der Waals surface area contributed by atoms with Gasteiger partial charge in [0.1, 0.15) is 11.7 Å². The maximum absolute atomic E-state index is 12.3. The Hall–Kier alpha value is -2.40. The van der Waals surface area contributed by atoms with E-state index in [0.717, 1.165) is 5.56 Å². The standard InChI is InChI=1S/C17H25N5O3/c1-16(2,3)10-22(21-15(23)25-17(4,5)6)14-11-8-24-9-12(11)19-13(7-18)20-14/h8-10H2,1-6H3,(H,21,23). The van der Waals surface area contributed by atoms with Gasteiger partial charge in [-0.15, -0.1) is 0 Å². The molecule has 0 aliphatic carbocycles. The van der Waals surface area contributed by atoms with E-state index in [9.17, 15) is 10.1 Å². The lowest BCUT2D eigenvalue weighted by molar-refractivity contribution is 0.0516. The fraction of sp³-hybridized carbons (Fsp3) is 0.647. The molecule has 1 N–H and O–H groups in total. The highest BCUT2D eigenvalue weighted by Crippen LogP contribution is 2.28. The van der Waals surface area contributed by atoms with Crippen molar-refractivity contribution in [2.75, 3.05) is 11.6 Å². The van der Waals surface area contributed by atoms with Gasteiger partial charge in [-0.2, -0.15) is 10.2 Å². The van der Waals surface area contributed by atoms with Gasteiger partial charge in [-0.3, -0.25) is 5.01 Å². The van der Waals surface area contributed by atoms with E-state index < -0.39 is 11.7 Å². The molecule has 0 bridgehead atoms. The Morgan fingerprint density at radius 2 is 1.96 bits per heavy atom. The van der Waals surface area contributed by atoms with Crippen LogP contribution in [0.25, 0.3) is 0 Å². The lowest BCUT2D eigenvalue weighted by Gasteiger charge is -2.32. The minimum absolute atomic E-state index is 0.0455. The number of ether oxygens (including phenoxy) is 2. The quantitative estimate of drug-likeness (QED) is 0.839. The summed E-state index contributed by atoms with van der Waals surface area (Å²) in [7, 11) is 0. The Labute approximate surface area is 148 Å². The second-order valence-electron chi connectivity index (χ2n) is 8.16. The second-order valence-corrected chi connectivity index (χ2v) is 8.16. The number of nitrogens with zero attached hydrogens (tertiary/aromatic N) is 4. The van der Waals surface area contributed by atoms with E-state index in [1.165, 1.54) is 0 Å². The number of nitriles is 1. The summed E-state index contributed by atoms with van der Waals surface area (Å²) in [5.74, 6) is 0.518. The predicted molar refractivity (Wildman–Crippen MR) is 91.4 cm³/mol. The van der Waals surface area contributed by atoms with Crippen molar-refractivity contribution in [1.82, 2.24) is 15.4 Å². The first-order valence-electron chi connectivity index (χ1n) is 8.13. The van der Waals surface area contributed by atoms with Crippen LogP contribution in [-0.4, -0.2) is 28.2 Å². The zero-order valence-electron chi connectivity index (χ0n) is 15.6. The fourth-order valence-corrected chi connectivity index (χ4v) is 2.36. The number of hydrogen-bond acceptors (Lipinski definition) is 7. The van der Waals surface area contributed by atoms with Gasteiger partial charge in [0.25, 0.3) is 0 Å². The molecule has 0 fully saturated rings. The molecule has 1 aliphatic heterocycles. The molecule has 1 aromatic rings. The average molecular weight is 347 g/mol. The molecule has 0 unspecified atom stereocenters. The number of rotatable bonds is 3. The third kappa shape index (κ3) is 5.29. The summed E-state index contributed by atoms with van der Waals surface area (Å²) in [4.78, 5) is 20.8. The number of carbonyl (C=O) groups excluding carboxylic acids is 1. The van der Waals surface area contributed by atoms with Gasteiger partial charge in [-0.1, -0.05) is 20.8 Å². The van der Waals surface area contributed by atoms with E-state index in [4.69, 9.17) is 9.47 Å². The summed E-state index contributed by atoms with van der Waals surface area (Å²) < 4.78 is 10.8. The molecule has 8 nitrogen and oxygen atoms in total. The van der Waals surface area contributed by atoms with Gasteiger partial charge in [0, 0.05) is 12.1 Å². The van der Waals surface area contributed by atoms with E-state index in [2.05, 4.69) is 15.4 Å². The van der Waals surface area contributed by atoms with Gasteiger partial charge in [0.15, 0.2) is 5.82 Å². The Bertz CT molecular complexity index is 698. The number of nitrogens with one attached hydrogen (secondary N) is 1. The highest BCUT2D eigenvalue weighted by Gasteiger charge is 2.28. The smallest absolute Gasteiger partial charge is 0.426 e. The van der Waals surface area contributed by atoms with Gasteiger partial charge in [0.05, 0.1) is 18.9 Å². The summed E-state index contributed by atoms with van der Waals surface area (Å²) >= 11 is 0. The molecule has 0 spiro atoms. The maximum atomic E-state index is 12.3. The van der Waals surface area contributed by atoms with E-state index in [-0.39, 0.29) is 11.2 Å². The largest absolute Gasteiger partial charge is 0.443 e. The normalized spacial score (nSPS) is 13.8.